The fourth-order valence-electron chi connectivity index (χ4n) is 4.10. The van der Waals surface area contributed by atoms with Crippen LogP contribution in [0.25, 0.3) is 11.4 Å². The average molecular weight is 436 g/mol. The van der Waals surface area contributed by atoms with E-state index in [9.17, 15) is 9.18 Å². The summed E-state index contributed by atoms with van der Waals surface area (Å²) in [5.41, 5.74) is 2.41. The molecule has 3 heterocycles. The third-order valence-corrected chi connectivity index (χ3v) is 5.73. The molecule has 3 aromatic rings. The van der Waals surface area contributed by atoms with Crippen LogP contribution >= 0.6 is 0 Å². The van der Waals surface area contributed by atoms with Gasteiger partial charge in [-0.05, 0) is 60.9 Å². The molecular weight excluding hydrogens is 409 g/mol. The number of nitrogens with zero attached hydrogens (tertiary/aromatic N) is 4. The van der Waals surface area contributed by atoms with E-state index in [0.29, 0.717) is 41.0 Å². The molecule has 1 aliphatic carbocycles. The topological polar surface area (TPSA) is 89.9 Å². The molecule has 0 spiro atoms. The van der Waals surface area contributed by atoms with E-state index in [1.54, 1.807) is 43.0 Å². The molecule has 0 radical (unpaired) electrons. The van der Waals surface area contributed by atoms with E-state index in [-0.39, 0.29) is 17.9 Å². The molecular formula is C24H26FN5O2. The number of carbonyl (C=O) groups excluding carboxylic acids is 1. The average Bonchev–Trinajstić information content (AvgIpc) is 3.17. The zero-order valence-corrected chi connectivity index (χ0v) is 18.2. The summed E-state index contributed by atoms with van der Waals surface area (Å²) in [4.78, 5) is 30.0. The maximum atomic E-state index is 12.9. The maximum absolute atomic E-state index is 12.9. The summed E-state index contributed by atoms with van der Waals surface area (Å²) < 4.78 is 18.9. The fraction of sp³-hybridized carbons (Fsp3) is 0.375. The van der Waals surface area contributed by atoms with Crippen molar-refractivity contribution in [2.24, 2.45) is 11.8 Å². The van der Waals surface area contributed by atoms with Gasteiger partial charge in [-0.15, -0.1) is 0 Å². The summed E-state index contributed by atoms with van der Waals surface area (Å²) >= 11 is 0. The molecule has 1 aliphatic rings. The predicted molar refractivity (Wildman–Crippen MR) is 118 cm³/mol. The van der Waals surface area contributed by atoms with Gasteiger partial charge < -0.3 is 10.1 Å². The van der Waals surface area contributed by atoms with Gasteiger partial charge in [-0.25, -0.2) is 19.3 Å². The van der Waals surface area contributed by atoms with Gasteiger partial charge in [-0.1, -0.05) is 6.92 Å². The Kier molecular flexibility index (Phi) is 6.68. The van der Waals surface area contributed by atoms with Crippen LogP contribution in [0.15, 0.2) is 49.1 Å². The highest BCUT2D eigenvalue weighted by Gasteiger charge is 2.33. The van der Waals surface area contributed by atoms with Crippen molar-refractivity contribution in [3.8, 4) is 17.3 Å². The van der Waals surface area contributed by atoms with Crippen LogP contribution in [-0.4, -0.2) is 38.5 Å². The molecule has 3 atom stereocenters. The number of ether oxygens (including phenoxy) is 1. The molecule has 7 nitrogen and oxygen atoms in total. The largest absolute Gasteiger partial charge is 0.474 e. The molecule has 3 aromatic heterocycles. The van der Waals surface area contributed by atoms with Crippen LogP contribution in [-0.2, 0) is 6.67 Å². The van der Waals surface area contributed by atoms with Gasteiger partial charge in [0.05, 0.1) is 5.56 Å². The first-order valence-electron chi connectivity index (χ1n) is 10.7. The summed E-state index contributed by atoms with van der Waals surface area (Å²) in [6, 6.07) is 6.88. The number of alkyl halides is 1. The summed E-state index contributed by atoms with van der Waals surface area (Å²) in [6.07, 6.45) is 8.20. The molecule has 1 N–H and O–H groups in total. The Morgan fingerprint density at radius 3 is 2.75 bits per heavy atom. The number of aryl methyl sites for hydroxylation is 1. The zero-order chi connectivity index (χ0) is 22.5. The van der Waals surface area contributed by atoms with Crippen LogP contribution in [0.4, 0.5) is 4.39 Å². The van der Waals surface area contributed by atoms with E-state index in [1.165, 1.54) is 0 Å². The van der Waals surface area contributed by atoms with E-state index < -0.39 is 6.67 Å². The quantitative estimate of drug-likeness (QED) is 0.605. The van der Waals surface area contributed by atoms with Crippen LogP contribution in [0.2, 0.25) is 0 Å². The standard InChI is InChI=1S/C24H26FN5O2/c1-15-8-19(23-27-5-3-6-28-23)22(29-13-15)24(31)30-14-18-9-16(2)20(10-18)32-21-11-17(12-25)4-7-26-21/h3-8,11,13,16,18,20H,9-10,12,14H2,1-2H3,(H,30,31). The van der Waals surface area contributed by atoms with E-state index in [2.05, 4.69) is 32.2 Å². The third kappa shape index (κ3) is 5.07. The molecule has 0 aromatic carbocycles. The van der Waals surface area contributed by atoms with Crippen molar-refractivity contribution in [3.63, 3.8) is 0 Å². The van der Waals surface area contributed by atoms with Gasteiger partial charge in [0.15, 0.2) is 5.82 Å². The van der Waals surface area contributed by atoms with Crippen molar-refractivity contribution in [2.75, 3.05) is 6.54 Å². The van der Waals surface area contributed by atoms with Gasteiger partial charge in [-0.2, -0.15) is 0 Å². The summed E-state index contributed by atoms with van der Waals surface area (Å²) in [6.45, 7) is 4.01. The van der Waals surface area contributed by atoms with Crippen molar-refractivity contribution >= 4 is 5.91 Å². The van der Waals surface area contributed by atoms with Gasteiger partial charge in [-0.3, -0.25) is 9.78 Å². The SMILES string of the molecule is Cc1cnc(C(=O)NCC2CC(C)C(Oc3cc(CF)ccn3)C2)c(-c2ncccn2)c1. The van der Waals surface area contributed by atoms with Crippen molar-refractivity contribution < 1.29 is 13.9 Å². The van der Waals surface area contributed by atoms with Crippen molar-refractivity contribution in [1.82, 2.24) is 25.3 Å². The highest BCUT2D eigenvalue weighted by molar-refractivity contribution is 5.98. The number of hydrogen-bond acceptors (Lipinski definition) is 6. The number of nitrogens with one attached hydrogen (secondary N) is 1. The molecule has 1 amide bonds. The fourth-order valence-corrected chi connectivity index (χ4v) is 4.10. The number of rotatable bonds is 7. The van der Waals surface area contributed by atoms with E-state index in [1.807, 2.05) is 13.0 Å². The lowest BCUT2D eigenvalue weighted by Gasteiger charge is -2.17. The lowest BCUT2D eigenvalue weighted by atomic mass is 10.1. The number of pyridine rings is 2. The Balaban J connectivity index is 1.39. The second-order valence-electron chi connectivity index (χ2n) is 8.30. The minimum absolute atomic E-state index is 0.0231. The number of amides is 1. The molecule has 8 heteroatoms. The summed E-state index contributed by atoms with van der Waals surface area (Å²) in [7, 11) is 0. The summed E-state index contributed by atoms with van der Waals surface area (Å²) in [5.74, 6) is 1.24. The Labute approximate surface area is 186 Å². The third-order valence-electron chi connectivity index (χ3n) is 5.73. The molecule has 1 saturated carbocycles. The number of halogens is 1. The smallest absolute Gasteiger partial charge is 0.270 e. The summed E-state index contributed by atoms with van der Waals surface area (Å²) in [5, 5.41) is 3.02. The van der Waals surface area contributed by atoms with Crippen molar-refractivity contribution in [3.05, 3.63) is 65.9 Å². The first-order chi connectivity index (χ1) is 15.5. The number of carbonyl (C=O) groups is 1. The molecule has 1 fully saturated rings. The molecule has 4 rings (SSSR count). The molecule has 0 saturated heterocycles. The Morgan fingerprint density at radius 1 is 1.16 bits per heavy atom. The second kappa shape index (κ2) is 9.80. The van der Waals surface area contributed by atoms with E-state index in [4.69, 9.17) is 4.74 Å². The molecule has 32 heavy (non-hydrogen) atoms. The van der Waals surface area contributed by atoms with E-state index in [0.717, 1.165) is 18.4 Å². The first-order valence-corrected chi connectivity index (χ1v) is 10.7. The first kappa shape index (κ1) is 21.8. The van der Waals surface area contributed by atoms with Gasteiger partial charge in [0.25, 0.3) is 5.91 Å². The van der Waals surface area contributed by atoms with Crippen LogP contribution < -0.4 is 10.1 Å². The zero-order valence-electron chi connectivity index (χ0n) is 18.2. The van der Waals surface area contributed by atoms with Gasteiger partial charge in [0, 0.05) is 37.4 Å². The number of hydrogen-bond donors (Lipinski definition) is 1. The van der Waals surface area contributed by atoms with E-state index >= 15 is 0 Å². The normalized spacial score (nSPS) is 20.2. The molecule has 0 bridgehead atoms. The Morgan fingerprint density at radius 2 is 1.97 bits per heavy atom. The maximum Gasteiger partial charge on any atom is 0.270 e. The minimum Gasteiger partial charge on any atom is -0.474 e. The molecule has 166 valence electrons. The van der Waals surface area contributed by atoms with Crippen LogP contribution in [0.3, 0.4) is 0 Å². The second-order valence-corrected chi connectivity index (χ2v) is 8.30. The van der Waals surface area contributed by atoms with Gasteiger partial charge >= 0.3 is 0 Å². The number of aromatic nitrogens is 4. The van der Waals surface area contributed by atoms with Crippen molar-refractivity contribution in [2.45, 2.75) is 39.5 Å². The highest BCUT2D eigenvalue weighted by atomic mass is 19.1. The van der Waals surface area contributed by atoms with Crippen LogP contribution in [0.1, 0.15) is 41.4 Å². The predicted octanol–water partition coefficient (Wildman–Crippen LogP) is 3.94. The van der Waals surface area contributed by atoms with Crippen LogP contribution in [0, 0.1) is 18.8 Å². The van der Waals surface area contributed by atoms with Gasteiger partial charge in [0.2, 0.25) is 5.88 Å². The molecule has 0 aliphatic heterocycles. The Bertz CT molecular complexity index is 1080. The minimum atomic E-state index is -0.545. The molecule has 3 unspecified atom stereocenters. The lowest BCUT2D eigenvalue weighted by Crippen LogP contribution is -2.30. The monoisotopic (exact) mass is 435 g/mol. The lowest BCUT2D eigenvalue weighted by molar-refractivity contribution is 0.0941. The Hall–Kier alpha value is -3.42. The van der Waals surface area contributed by atoms with Crippen molar-refractivity contribution in [1.29, 1.82) is 0 Å². The van der Waals surface area contributed by atoms with Gasteiger partial charge in [0.1, 0.15) is 18.5 Å². The highest BCUT2D eigenvalue weighted by Crippen LogP contribution is 2.33. The van der Waals surface area contributed by atoms with Crippen LogP contribution in [0.5, 0.6) is 5.88 Å².